The molecule has 144 valence electrons. The fourth-order valence-corrected chi connectivity index (χ4v) is 5.74. The topological polar surface area (TPSA) is 113 Å². The molecule has 0 spiro atoms. The highest BCUT2D eigenvalue weighted by atomic mass is 16.5. The third-order valence-electron chi connectivity index (χ3n) is 6.55. The number of aliphatic hydroxyl groups is 3. The van der Waals surface area contributed by atoms with Crippen molar-refractivity contribution in [3.63, 3.8) is 0 Å². The lowest BCUT2D eigenvalue weighted by molar-refractivity contribution is -0.223. The van der Waals surface area contributed by atoms with Gasteiger partial charge in [-0.1, -0.05) is 27.7 Å². The average Bonchev–Trinajstić information content (AvgIpc) is 2.62. The molecular formula is C18H30O7. The molecular weight excluding hydrogens is 328 g/mol. The summed E-state index contributed by atoms with van der Waals surface area (Å²) in [7, 11) is 1.25. The van der Waals surface area contributed by atoms with Crippen LogP contribution in [0.4, 0.5) is 0 Å². The summed E-state index contributed by atoms with van der Waals surface area (Å²) in [5, 5.41) is 32.8. The van der Waals surface area contributed by atoms with E-state index in [1.165, 1.54) is 14.0 Å². The fraction of sp³-hybridized carbons (Fsp3) is 0.889. The normalized spacial score (nSPS) is 45.6. The van der Waals surface area contributed by atoms with Crippen molar-refractivity contribution in [1.82, 2.24) is 0 Å². The molecule has 0 aromatic carbocycles. The number of hydrogen-bond donors (Lipinski definition) is 3. The van der Waals surface area contributed by atoms with Crippen LogP contribution in [0.5, 0.6) is 0 Å². The molecule has 0 amide bonds. The lowest BCUT2D eigenvalue weighted by Crippen LogP contribution is -2.65. The van der Waals surface area contributed by atoms with Gasteiger partial charge in [0.15, 0.2) is 0 Å². The highest BCUT2D eigenvalue weighted by molar-refractivity contribution is 5.75. The Labute approximate surface area is 148 Å². The SMILES string of the molecule is COC(=O)[C@H]1[C@H](C)C[C@H](O)[C@H]2C(C)(C)[C@@H](OC(C)=O)[C@](C)(CO)[C@@]12O. The first kappa shape index (κ1) is 20.1. The minimum atomic E-state index is -1.78. The van der Waals surface area contributed by atoms with Crippen LogP contribution in [0.2, 0.25) is 0 Å². The molecule has 0 aliphatic heterocycles. The van der Waals surface area contributed by atoms with E-state index in [2.05, 4.69) is 0 Å². The zero-order valence-corrected chi connectivity index (χ0v) is 15.8. The molecule has 0 heterocycles. The number of esters is 2. The number of carbonyl (C=O) groups excluding carboxylic acids is 2. The summed E-state index contributed by atoms with van der Waals surface area (Å²) >= 11 is 0. The zero-order valence-electron chi connectivity index (χ0n) is 15.8. The van der Waals surface area contributed by atoms with Crippen molar-refractivity contribution in [3.8, 4) is 0 Å². The van der Waals surface area contributed by atoms with Crippen LogP contribution in [0.15, 0.2) is 0 Å². The summed E-state index contributed by atoms with van der Waals surface area (Å²) in [6.07, 6.45) is -1.46. The molecule has 2 saturated carbocycles. The molecule has 0 radical (unpaired) electrons. The van der Waals surface area contributed by atoms with E-state index in [4.69, 9.17) is 9.47 Å². The second-order valence-corrected chi connectivity index (χ2v) is 8.47. The van der Waals surface area contributed by atoms with E-state index in [0.717, 1.165) is 0 Å². The van der Waals surface area contributed by atoms with Gasteiger partial charge in [-0.3, -0.25) is 9.59 Å². The summed E-state index contributed by atoms with van der Waals surface area (Å²) in [4.78, 5) is 24.2. The molecule has 2 aliphatic rings. The van der Waals surface area contributed by atoms with Gasteiger partial charge in [-0.15, -0.1) is 0 Å². The lowest BCUT2D eigenvalue weighted by Gasteiger charge is -2.53. The largest absolute Gasteiger partial charge is 0.469 e. The molecule has 0 bridgehead atoms. The highest BCUT2D eigenvalue weighted by Gasteiger charge is 2.77. The van der Waals surface area contributed by atoms with E-state index in [1.54, 1.807) is 27.7 Å². The van der Waals surface area contributed by atoms with E-state index < -0.39 is 59.0 Å². The van der Waals surface area contributed by atoms with Crippen molar-refractivity contribution in [2.75, 3.05) is 13.7 Å². The number of methoxy groups -OCH3 is 1. The van der Waals surface area contributed by atoms with Crippen LogP contribution in [0, 0.1) is 28.6 Å². The number of aliphatic hydroxyl groups excluding tert-OH is 2. The third-order valence-corrected chi connectivity index (χ3v) is 6.55. The van der Waals surface area contributed by atoms with Gasteiger partial charge in [-0.05, 0) is 12.3 Å². The van der Waals surface area contributed by atoms with Gasteiger partial charge >= 0.3 is 11.9 Å². The Morgan fingerprint density at radius 2 is 1.80 bits per heavy atom. The Morgan fingerprint density at radius 3 is 2.24 bits per heavy atom. The molecule has 0 aromatic rings. The van der Waals surface area contributed by atoms with Gasteiger partial charge in [0.2, 0.25) is 0 Å². The van der Waals surface area contributed by atoms with Crippen molar-refractivity contribution < 1.29 is 34.4 Å². The van der Waals surface area contributed by atoms with Gasteiger partial charge in [0, 0.05) is 18.3 Å². The van der Waals surface area contributed by atoms with Crippen LogP contribution < -0.4 is 0 Å². The van der Waals surface area contributed by atoms with Gasteiger partial charge < -0.3 is 24.8 Å². The summed E-state index contributed by atoms with van der Waals surface area (Å²) in [5.74, 6) is -3.20. The maximum absolute atomic E-state index is 12.5. The maximum Gasteiger partial charge on any atom is 0.311 e. The summed E-state index contributed by atoms with van der Waals surface area (Å²) in [6, 6.07) is 0. The summed E-state index contributed by atoms with van der Waals surface area (Å²) in [5.41, 5.74) is -3.97. The smallest absolute Gasteiger partial charge is 0.311 e. The molecule has 0 aromatic heterocycles. The van der Waals surface area contributed by atoms with Gasteiger partial charge in [0.25, 0.3) is 0 Å². The fourth-order valence-electron chi connectivity index (χ4n) is 5.74. The van der Waals surface area contributed by atoms with Crippen molar-refractivity contribution >= 4 is 11.9 Å². The Bertz CT molecular complexity index is 560. The Hall–Kier alpha value is -1.18. The molecule has 0 unspecified atom stereocenters. The first-order valence-electron chi connectivity index (χ1n) is 8.65. The monoisotopic (exact) mass is 358 g/mol. The van der Waals surface area contributed by atoms with Gasteiger partial charge in [-0.2, -0.15) is 0 Å². The van der Waals surface area contributed by atoms with Crippen molar-refractivity contribution in [3.05, 3.63) is 0 Å². The Kier molecular flexibility index (Phi) is 5.00. The minimum absolute atomic E-state index is 0.310. The highest BCUT2D eigenvalue weighted by Crippen LogP contribution is 2.67. The Morgan fingerprint density at radius 1 is 1.24 bits per heavy atom. The molecule has 2 aliphatic carbocycles. The zero-order chi connectivity index (χ0) is 19.4. The average molecular weight is 358 g/mol. The van der Waals surface area contributed by atoms with Crippen molar-refractivity contribution in [2.45, 2.75) is 58.8 Å². The summed E-state index contributed by atoms with van der Waals surface area (Å²) < 4.78 is 10.4. The molecule has 0 saturated heterocycles. The quantitative estimate of drug-likeness (QED) is 0.629. The number of rotatable bonds is 3. The van der Waals surface area contributed by atoms with Crippen molar-refractivity contribution in [2.24, 2.45) is 28.6 Å². The minimum Gasteiger partial charge on any atom is -0.469 e. The molecule has 3 N–H and O–H groups in total. The van der Waals surface area contributed by atoms with E-state index in [0.29, 0.717) is 6.42 Å². The maximum atomic E-state index is 12.5. The second kappa shape index (κ2) is 6.21. The molecule has 2 rings (SSSR count). The number of fused-ring (bicyclic) bond motifs is 1. The third kappa shape index (κ3) is 2.51. The number of hydrogen-bond acceptors (Lipinski definition) is 7. The Balaban J connectivity index is 2.73. The predicted molar refractivity (Wildman–Crippen MR) is 88.3 cm³/mol. The van der Waals surface area contributed by atoms with Gasteiger partial charge in [-0.25, -0.2) is 0 Å². The van der Waals surface area contributed by atoms with E-state index in [-0.39, 0.29) is 5.92 Å². The molecule has 7 nitrogen and oxygen atoms in total. The summed E-state index contributed by atoms with van der Waals surface area (Å²) in [6.45, 7) is 7.69. The second-order valence-electron chi connectivity index (χ2n) is 8.47. The molecule has 2 fully saturated rings. The first-order chi connectivity index (χ1) is 11.4. The molecule has 7 atom stereocenters. The van der Waals surface area contributed by atoms with E-state index in [9.17, 15) is 24.9 Å². The van der Waals surface area contributed by atoms with Crippen LogP contribution in [0.1, 0.15) is 41.0 Å². The standard InChI is InChI=1S/C18H30O7/c1-9-7-11(21)13-16(3,4)15(25-10(2)20)17(5,8-19)18(13,23)12(9)14(22)24-6/h9,11-13,15,19,21,23H,7-8H2,1-6H3/t9-,11+,12-,13+,15-,17+,18-/m1/s1. The van der Waals surface area contributed by atoms with E-state index in [1.807, 2.05) is 0 Å². The van der Waals surface area contributed by atoms with Crippen LogP contribution in [0.25, 0.3) is 0 Å². The van der Waals surface area contributed by atoms with Gasteiger partial charge in [0.05, 0.1) is 36.8 Å². The number of ether oxygens (including phenoxy) is 2. The van der Waals surface area contributed by atoms with Crippen LogP contribution >= 0.6 is 0 Å². The number of carbonyl (C=O) groups is 2. The van der Waals surface area contributed by atoms with Crippen LogP contribution in [-0.4, -0.2) is 58.8 Å². The van der Waals surface area contributed by atoms with Crippen LogP contribution in [0.3, 0.4) is 0 Å². The van der Waals surface area contributed by atoms with Crippen LogP contribution in [-0.2, 0) is 19.1 Å². The molecule has 25 heavy (non-hydrogen) atoms. The lowest BCUT2D eigenvalue weighted by atomic mass is 9.55. The van der Waals surface area contributed by atoms with E-state index >= 15 is 0 Å². The first-order valence-corrected chi connectivity index (χ1v) is 8.65. The predicted octanol–water partition coefficient (Wildman–Crippen LogP) is 0.494. The van der Waals surface area contributed by atoms with Gasteiger partial charge in [0.1, 0.15) is 6.10 Å². The van der Waals surface area contributed by atoms with Crippen molar-refractivity contribution in [1.29, 1.82) is 0 Å². The molecule has 7 heteroatoms.